The summed E-state index contributed by atoms with van der Waals surface area (Å²) in [5, 5.41) is 3.41. The molecular weight excluding hydrogens is 244 g/mol. The maximum Gasteiger partial charge on any atom is 0.176 e. The largest absolute Gasteiger partial charge is 0.492 e. The number of hydrogen-bond acceptors (Lipinski definition) is 5. The van der Waals surface area contributed by atoms with E-state index in [1.807, 2.05) is 13.0 Å². The number of aromatic nitrogens is 1. The molecule has 1 heterocycles. The first-order valence-electron chi connectivity index (χ1n) is 6.63. The third-order valence-electron chi connectivity index (χ3n) is 2.76. The van der Waals surface area contributed by atoms with Crippen LogP contribution in [0.3, 0.4) is 0 Å². The molecular formula is C14H24N2O3. The predicted molar refractivity (Wildman–Crippen MR) is 74.2 cm³/mol. The Hall–Kier alpha value is -1.17. The van der Waals surface area contributed by atoms with Crippen molar-refractivity contribution in [2.45, 2.75) is 32.6 Å². The van der Waals surface area contributed by atoms with Gasteiger partial charge in [-0.2, -0.15) is 0 Å². The van der Waals surface area contributed by atoms with E-state index >= 15 is 0 Å². The van der Waals surface area contributed by atoms with Crippen molar-refractivity contribution in [1.29, 1.82) is 0 Å². The van der Waals surface area contributed by atoms with Gasteiger partial charge >= 0.3 is 0 Å². The van der Waals surface area contributed by atoms with Gasteiger partial charge in [0.25, 0.3) is 0 Å². The van der Waals surface area contributed by atoms with Gasteiger partial charge in [-0.1, -0.05) is 6.92 Å². The highest BCUT2D eigenvalue weighted by atomic mass is 16.7. The topological polar surface area (TPSA) is 52.6 Å². The van der Waals surface area contributed by atoms with Gasteiger partial charge in [-0.25, -0.2) is 0 Å². The molecule has 5 nitrogen and oxygen atoms in total. The molecule has 108 valence electrons. The Balaban J connectivity index is 2.91. The predicted octanol–water partition coefficient (Wildman–Crippen LogP) is 2.14. The summed E-state index contributed by atoms with van der Waals surface area (Å²) >= 11 is 0. The lowest BCUT2D eigenvalue weighted by Gasteiger charge is -2.26. The standard InChI is InChI=1S/C14H24N2O3/c1-5-7-16-13(14(17-3)18-4)11-8-12(19-6-2)10-15-9-11/h8-10,13-14,16H,5-7H2,1-4H3. The molecule has 19 heavy (non-hydrogen) atoms. The van der Waals surface area contributed by atoms with E-state index in [1.54, 1.807) is 26.6 Å². The lowest BCUT2D eigenvalue weighted by Crippen LogP contribution is -2.35. The van der Waals surface area contributed by atoms with E-state index in [0.29, 0.717) is 6.61 Å². The van der Waals surface area contributed by atoms with Crippen LogP contribution in [-0.4, -0.2) is 38.6 Å². The van der Waals surface area contributed by atoms with Gasteiger partial charge in [0.05, 0.1) is 18.8 Å². The Morgan fingerprint density at radius 3 is 2.53 bits per heavy atom. The number of nitrogens with zero attached hydrogens (tertiary/aromatic N) is 1. The second-order valence-electron chi connectivity index (χ2n) is 4.16. The summed E-state index contributed by atoms with van der Waals surface area (Å²) in [5.74, 6) is 0.759. The summed E-state index contributed by atoms with van der Waals surface area (Å²) in [6, 6.07) is 1.90. The lowest BCUT2D eigenvalue weighted by molar-refractivity contribution is -0.124. The Morgan fingerprint density at radius 1 is 1.21 bits per heavy atom. The second kappa shape index (κ2) is 8.85. The minimum Gasteiger partial charge on any atom is -0.492 e. The van der Waals surface area contributed by atoms with E-state index in [-0.39, 0.29) is 12.3 Å². The first-order valence-corrected chi connectivity index (χ1v) is 6.63. The third-order valence-corrected chi connectivity index (χ3v) is 2.76. The van der Waals surface area contributed by atoms with Gasteiger partial charge in [-0.3, -0.25) is 4.98 Å². The van der Waals surface area contributed by atoms with Crippen LogP contribution in [0.1, 0.15) is 31.9 Å². The fraction of sp³-hybridized carbons (Fsp3) is 0.643. The fourth-order valence-corrected chi connectivity index (χ4v) is 1.89. The van der Waals surface area contributed by atoms with E-state index in [9.17, 15) is 0 Å². The van der Waals surface area contributed by atoms with Gasteiger partial charge in [-0.15, -0.1) is 0 Å². The van der Waals surface area contributed by atoms with Gasteiger partial charge in [0.1, 0.15) is 5.75 Å². The number of methoxy groups -OCH3 is 2. The van der Waals surface area contributed by atoms with Crippen molar-refractivity contribution >= 4 is 0 Å². The number of ether oxygens (including phenoxy) is 3. The second-order valence-corrected chi connectivity index (χ2v) is 4.16. The van der Waals surface area contributed by atoms with Gasteiger partial charge in [0, 0.05) is 20.4 Å². The van der Waals surface area contributed by atoms with Crippen molar-refractivity contribution < 1.29 is 14.2 Å². The highest BCUT2D eigenvalue weighted by Gasteiger charge is 2.22. The van der Waals surface area contributed by atoms with Crippen LogP contribution >= 0.6 is 0 Å². The lowest BCUT2D eigenvalue weighted by atomic mass is 10.1. The molecule has 1 aromatic heterocycles. The summed E-state index contributed by atoms with van der Waals surface area (Å²) in [5.41, 5.74) is 0.994. The number of hydrogen-bond donors (Lipinski definition) is 1. The van der Waals surface area contributed by atoms with Crippen molar-refractivity contribution in [2.24, 2.45) is 0 Å². The van der Waals surface area contributed by atoms with Gasteiger partial charge in [0.15, 0.2) is 6.29 Å². The van der Waals surface area contributed by atoms with Crippen LogP contribution in [0.25, 0.3) is 0 Å². The molecule has 0 fully saturated rings. The molecule has 1 rings (SSSR count). The van der Waals surface area contributed by atoms with Gasteiger partial charge in [0.2, 0.25) is 0 Å². The number of pyridine rings is 1. The maximum atomic E-state index is 5.48. The normalized spacial score (nSPS) is 12.7. The summed E-state index contributed by atoms with van der Waals surface area (Å²) < 4.78 is 16.2. The van der Waals surface area contributed by atoms with Crippen LogP contribution in [-0.2, 0) is 9.47 Å². The highest BCUT2D eigenvalue weighted by Crippen LogP contribution is 2.22. The Morgan fingerprint density at radius 2 is 1.95 bits per heavy atom. The average molecular weight is 268 g/mol. The molecule has 0 aliphatic rings. The monoisotopic (exact) mass is 268 g/mol. The van der Waals surface area contributed by atoms with Crippen LogP contribution in [0.2, 0.25) is 0 Å². The van der Waals surface area contributed by atoms with Crippen molar-refractivity contribution in [1.82, 2.24) is 10.3 Å². The quantitative estimate of drug-likeness (QED) is 0.695. The minimum absolute atomic E-state index is 0.0668. The zero-order valence-corrected chi connectivity index (χ0v) is 12.2. The molecule has 0 spiro atoms. The SMILES string of the molecule is CCCNC(c1cncc(OCC)c1)C(OC)OC. The van der Waals surface area contributed by atoms with Crippen LogP contribution < -0.4 is 10.1 Å². The van der Waals surface area contributed by atoms with E-state index in [1.165, 1.54) is 0 Å². The van der Waals surface area contributed by atoms with Crippen LogP contribution in [0.5, 0.6) is 5.75 Å². The fourth-order valence-electron chi connectivity index (χ4n) is 1.89. The molecule has 0 saturated carbocycles. The first-order chi connectivity index (χ1) is 9.26. The summed E-state index contributed by atoms with van der Waals surface area (Å²) in [7, 11) is 3.27. The Bertz CT molecular complexity index is 356. The van der Waals surface area contributed by atoms with Gasteiger partial charge in [-0.05, 0) is 31.5 Å². The van der Waals surface area contributed by atoms with E-state index in [4.69, 9.17) is 14.2 Å². The summed E-state index contributed by atoms with van der Waals surface area (Å²) in [4.78, 5) is 4.21. The molecule has 1 unspecified atom stereocenters. The molecule has 0 bridgehead atoms. The molecule has 1 N–H and O–H groups in total. The molecule has 0 saturated heterocycles. The third kappa shape index (κ3) is 4.78. The number of rotatable bonds is 9. The molecule has 5 heteroatoms. The average Bonchev–Trinajstić information content (AvgIpc) is 2.44. The van der Waals surface area contributed by atoms with E-state index in [0.717, 1.165) is 24.3 Å². The van der Waals surface area contributed by atoms with Crippen LogP contribution in [0.4, 0.5) is 0 Å². The molecule has 0 aliphatic carbocycles. The van der Waals surface area contributed by atoms with Crippen molar-refractivity contribution in [3.05, 3.63) is 24.0 Å². The minimum atomic E-state index is -0.356. The molecule has 1 atom stereocenters. The zero-order valence-electron chi connectivity index (χ0n) is 12.2. The summed E-state index contributed by atoms with van der Waals surface area (Å²) in [6.07, 6.45) is 4.19. The molecule has 0 aromatic carbocycles. The Kier molecular flexibility index (Phi) is 7.40. The van der Waals surface area contributed by atoms with E-state index in [2.05, 4.69) is 17.2 Å². The first kappa shape index (κ1) is 15.9. The number of nitrogens with one attached hydrogen (secondary N) is 1. The molecule has 0 radical (unpaired) electrons. The molecule has 0 aliphatic heterocycles. The molecule has 1 aromatic rings. The van der Waals surface area contributed by atoms with Crippen LogP contribution in [0.15, 0.2) is 18.5 Å². The molecule has 0 amide bonds. The van der Waals surface area contributed by atoms with Crippen molar-refractivity contribution in [2.75, 3.05) is 27.4 Å². The van der Waals surface area contributed by atoms with E-state index < -0.39 is 0 Å². The highest BCUT2D eigenvalue weighted by molar-refractivity contribution is 5.26. The maximum absolute atomic E-state index is 5.48. The van der Waals surface area contributed by atoms with Crippen molar-refractivity contribution in [3.63, 3.8) is 0 Å². The summed E-state index contributed by atoms with van der Waals surface area (Å²) in [6.45, 7) is 5.57. The Labute approximate surface area is 115 Å². The zero-order chi connectivity index (χ0) is 14.1. The van der Waals surface area contributed by atoms with Gasteiger partial charge < -0.3 is 19.5 Å². The van der Waals surface area contributed by atoms with Crippen LogP contribution in [0, 0.1) is 0 Å². The smallest absolute Gasteiger partial charge is 0.176 e. The van der Waals surface area contributed by atoms with Crippen molar-refractivity contribution in [3.8, 4) is 5.75 Å².